The first-order valence-electron chi connectivity index (χ1n) is 6.45. The zero-order valence-electron chi connectivity index (χ0n) is 12.5. The van der Waals surface area contributed by atoms with E-state index in [4.69, 9.17) is 16.1 Å². The highest BCUT2D eigenvalue weighted by Gasteiger charge is 2.33. The fourth-order valence-electron chi connectivity index (χ4n) is 1.98. The Labute approximate surface area is 137 Å². The van der Waals surface area contributed by atoms with Gasteiger partial charge >= 0.3 is 0 Å². The van der Waals surface area contributed by atoms with Gasteiger partial charge in [0.25, 0.3) is 0 Å². The molecule has 122 valence electrons. The van der Waals surface area contributed by atoms with Crippen LogP contribution in [0.15, 0.2) is 27.6 Å². The Kier molecular flexibility index (Phi) is 4.67. The Morgan fingerprint density at radius 3 is 2.39 bits per heavy atom. The van der Waals surface area contributed by atoms with E-state index in [9.17, 15) is 18.0 Å². The molecule has 0 N–H and O–H groups in total. The van der Waals surface area contributed by atoms with Crippen molar-refractivity contribution in [2.75, 3.05) is 6.26 Å². The van der Waals surface area contributed by atoms with Gasteiger partial charge in [-0.3, -0.25) is 9.59 Å². The number of nitrogens with zero attached hydrogens (tertiary/aromatic N) is 2. The predicted molar refractivity (Wildman–Crippen MR) is 81.3 cm³/mol. The lowest BCUT2D eigenvalue weighted by Gasteiger charge is -2.10. The predicted octanol–water partition coefficient (Wildman–Crippen LogP) is 1.99. The normalized spacial score (nSPS) is 12.9. The van der Waals surface area contributed by atoms with Gasteiger partial charge in [0.05, 0.1) is 9.92 Å². The summed E-state index contributed by atoms with van der Waals surface area (Å²) in [6.07, 6.45) is 1.03. The van der Waals surface area contributed by atoms with Gasteiger partial charge in [-0.25, -0.2) is 8.42 Å². The van der Waals surface area contributed by atoms with Crippen molar-refractivity contribution in [3.05, 3.63) is 40.5 Å². The topological polar surface area (TPSA) is 107 Å². The van der Waals surface area contributed by atoms with E-state index < -0.39 is 27.3 Å². The SMILES string of the molecule is CC(=O)C(C(=O)c1ccc(S(C)(=O)=O)cc1Cl)c1nc(C)no1. The van der Waals surface area contributed by atoms with Crippen LogP contribution in [-0.4, -0.2) is 36.4 Å². The molecule has 1 heterocycles. The second kappa shape index (κ2) is 6.21. The monoisotopic (exact) mass is 356 g/mol. The summed E-state index contributed by atoms with van der Waals surface area (Å²) in [7, 11) is -3.46. The number of hydrogen-bond donors (Lipinski definition) is 0. The third kappa shape index (κ3) is 3.65. The molecule has 1 aromatic heterocycles. The van der Waals surface area contributed by atoms with Crippen molar-refractivity contribution < 1.29 is 22.5 Å². The Hall–Kier alpha value is -2.06. The van der Waals surface area contributed by atoms with E-state index in [1.165, 1.54) is 25.1 Å². The molecule has 1 aromatic carbocycles. The van der Waals surface area contributed by atoms with E-state index in [1.54, 1.807) is 6.92 Å². The molecule has 7 nitrogen and oxygen atoms in total. The molecule has 0 fully saturated rings. The minimum absolute atomic E-state index is 0.00937. The largest absolute Gasteiger partial charge is 0.338 e. The Balaban J connectivity index is 2.47. The number of rotatable bonds is 5. The number of Topliss-reactive ketones (excluding diaryl/α,β-unsaturated/α-hetero) is 2. The average Bonchev–Trinajstić information content (AvgIpc) is 2.83. The van der Waals surface area contributed by atoms with Crippen LogP contribution in [0.25, 0.3) is 0 Å². The molecule has 2 rings (SSSR count). The van der Waals surface area contributed by atoms with Crippen molar-refractivity contribution in [1.82, 2.24) is 10.1 Å². The molecule has 0 aliphatic carbocycles. The molecule has 9 heteroatoms. The average molecular weight is 357 g/mol. The van der Waals surface area contributed by atoms with E-state index in [0.29, 0.717) is 0 Å². The van der Waals surface area contributed by atoms with Crippen molar-refractivity contribution >= 4 is 33.0 Å². The van der Waals surface area contributed by atoms with Crippen molar-refractivity contribution in [2.24, 2.45) is 0 Å². The molecule has 0 spiro atoms. The molecule has 1 atom stereocenters. The number of aryl methyl sites for hydroxylation is 1. The third-order valence-electron chi connectivity index (χ3n) is 3.09. The molecule has 23 heavy (non-hydrogen) atoms. The summed E-state index contributed by atoms with van der Waals surface area (Å²) < 4.78 is 27.9. The molecule has 0 aliphatic rings. The highest BCUT2D eigenvalue weighted by atomic mass is 35.5. The van der Waals surface area contributed by atoms with Crippen molar-refractivity contribution in [1.29, 1.82) is 0 Å². The van der Waals surface area contributed by atoms with Crippen LogP contribution in [0.5, 0.6) is 0 Å². The van der Waals surface area contributed by atoms with E-state index in [-0.39, 0.29) is 27.2 Å². The van der Waals surface area contributed by atoms with Gasteiger partial charge in [-0.2, -0.15) is 4.98 Å². The van der Waals surface area contributed by atoms with Crippen molar-refractivity contribution in [3.8, 4) is 0 Å². The fraction of sp³-hybridized carbons (Fsp3) is 0.286. The number of carbonyl (C=O) groups is 2. The lowest BCUT2D eigenvalue weighted by atomic mass is 9.94. The fourth-order valence-corrected chi connectivity index (χ4v) is 2.97. The summed E-state index contributed by atoms with van der Waals surface area (Å²) in [6, 6.07) is 3.69. The van der Waals surface area contributed by atoms with E-state index >= 15 is 0 Å². The summed E-state index contributed by atoms with van der Waals surface area (Å²) in [6.45, 7) is 2.78. The molecule has 1 unspecified atom stereocenters. The number of sulfone groups is 1. The molecule has 0 saturated heterocycles. The van der Waals surface area contributed by atoms with Crippen LogP contribution in [0.4, 0.5) is 0 Å². The lowest BCUT2D eigenvalue weighted by Crippen LogP contribution is -2.21. The number of aromatic nitrogens is 2. The van der Waals surface area contributed by atoms with Crippen molar-refractivity contribution in [3.63, 3.8) is 0 Å². The zero-order chi connectivity index (χ0) is 17.4. The van der Waals surface area contributed by atoms with E-state index in [2.05, 4.69) is 10.1 Å². The maximum absolute atomic E-state index is 12.6. The van der Waals surface area contributed by atoms with Crippen LogP contribution in [0.1, 0.15) is 34.9 Å². The first-order chi connectivity index (χ1) is 10.6. The van der Waals surface area contributed by atoms with Gasteiger partial charge in [0.15, 0.2) is 27.4 Å². The van der Waals surface area contributed by atoms with Gasteiger partial charge in [0.1, 0.15) is 5.78 Å². The maximum Gasteiger partial charge on any atom is 0.245 e. The maximum atomic E-state index is 12.6. The van der Waals surface area contributed by atoms with Crippen molar-refractivity contribution in [2.45, 2.75) is 24.7 Å². The van der Waals surface area contributed by atoms with E-state index in [0.717, 1.165) is 6.26 Å². The number of carbonyl (C=O) groups excluding carboxylic acids is 2. The van der Waals surface area contributed by atoms with Gasteiger partial charge in [0, 0.05) is 11.8 Å². The lowest BCUT2D eigenvalue weighted by molar-refractivity contribution is -0.117. The minimum Gasteiger partial charge on any atom is -0.338 e. The highest BCUT2D eigenvalue weighted by molar-refractivity contribution is 7.90. The van der Waals surface area contributed by atoms with Gasteiger partial charge in [-0.15, -0.1) is 0 Å². The molecule has 0 radical (unpaired) electrons. The summed E-state index contributed by atoms with van der Waals surface area (Å²) in [5.41, 5.74) is 0.00937. The third-order valence-corrected chi connectivity index (χ3v) is 4.52. The summed E-state index contributed by atoms with van der Waals surface area (Å²) >= 11 is 6.01. The van der Waals surface area contributed by atoms with Crippen LogP contribution < -0.4 is 0 Å². The molecule has 0 aliphatic heterocycles. The van der Waals surface area contributed by atoms with Crippen LogP contribution in [-0.2, 0) is 14.6 Å². The summed E-state index contributed by atoms with van der Waals surface area (Å²) in [5, 5.41) is 3.49. The van der Waals surface area contributed by atoms with Crippen LogP contribution in [0, 0.1) is 6.92 Å². The van der Waals surface area contributed by atoms with Gasteiger partial charge < -0.3 is 4.52 Å². The smallest absolute Gasteiger partial charge is 0.245 e. The summed E-state index contributed by atoms with van der Waals surface area (Å²) in [5.74, 6) is -2.23. The first kappa shape index (κ1) is 17.3. The summed E-state index contributed by atoms with van der Waals surface area (Å²) in [4.78, 5) is 28.3. The Morgan fingerprint density at radius 2 is 1.96 bits per heavy atom. The number of halogens is 1. The van der Waals surface area contributed by atoms with Crippen LogP contribution >= 0.6 is 11.6 Å². The Morgan fingerprint density at radius 1 is 1.30 bits per heavy atom. The zero-order valence-corrected chi connectivity index (χ0v) is 14.1. The number of benzene rings is 1. The van der Waals surface area contributed by atoms with E-state index in [1.807, 2.05) is 0 Å². The quantitative estimate of drug-likeness (QED) is 0.595. The highest BCUT2D eigenvalue weighted by Crippen LogP contribution is 2.27. The molecule has 2 aromatic rings. The molecule has 0 bridgehead atoms. The Bertz CT molecular complexity index is 888. The number of ketones is 2. The standard InChI is InChI=1S/C14H13ClN2O5S/c1-7(18)12(14-16-8(2)17-22-14)13(19)10-5-4-9(6-11(10)15)23(3,20)21/h4-6,12H,1-3H3. The molecular formula is C14H13ClN2O5S. The van der Waals surface area contributed by atoms with Crippen LogP contribution in [0.3, 0.4) is 0 Å². The molecule has 0 amide bonds. The first-order valence-corrected chi connectivity index (χ1v) is 8.72. The second-order valence-electron chi connectivity index (χ2n) is 5.00. The van der Waals surface area contributed by atoms with Gasteiger partial charge in [-0.1, -0.05) is 16.8 Å². The molecule has 0 saturated carbocycles. The molecular weight excluding hydrogens is 344 g/mol. The minimum atomic E-state index is -3.46. The van der Waals surface area contributed by atoms with Gasteiger partial charge in [0.2, 0.25) is 5.89 Å². The van der Waals surface area contributed by atoms with Crippen LogP contribution in [0.2, 0.25) is 5.02 Å². The number of hydrogen-bond acceptors (Lipinski definition) is 7. The second-order valence-corrected chi connectivity index (χ2v) is 7.42. The van der Waals surface area contributed by atoms with Gasteiger partial charge in [-0.05, 0) is 32.0 Å².